The first kappa shape index (κ1) is 24.7. The zero-order chi connectivity index (χ0) is 23.4. The topological polar surface area (TPSA) is 129 Å². The molecule has 2 aromatic rings. The van der Waals surface area contributed by atoms with Gasteiger partial charge in [0.2, 0.25) is 6.29 Å². The Kier molecular flexibility index (Phi) is 8.35. The lowest BCUT2D eigenvalue weighted by Crippen LogP contribution is -2.61. The van der Waals surface area contributed by atoms with E-state index in [0.29, 0.717) is 40.5 Å². The second-order valence-corrected chi connectivity index (χ2v) is 8.26. The van der Waals surface area contributed by atoms with Gasteiger partial charge in [-0.15, -0.1) is 0 Å². The zero-order valence-corrected chi connectivity index (χ0v) is 18.6. The molecule has 0 aromatic heterocycles. The minimum absolute atomic E-state index is 0.0921. The van der Waals surface area contributed by atoms with Crippen LogP contribution in [0.1, 0.15) is 23.6 Å². The first-order valence-electron chi connectivity index (χ1n) is 10.3. The van der Waals surface area contributed by atoms with Gasteiger partial charge in [0.05, 0.1) is 13.2 Å². The molecule has 0 amide bonds. The third-order valence-corrected chi connectivity index (χ3v) is 5.82. The van der Waals surface area contributed by atoms with Gasteiger partial charge in [0, 0.05) is 23.6 Å². The van der Waals surface area contributed by atoms with Crippen LogP contribution in [0.2, 0.25) is 5.02 Å². The minimum atomic E-state index is -1.57. The van der Waals surface area contributed by atoms with Crippen molar-refractivity contribution in [2.45, 2.75) is 56.6 Å². The van der Waals surface area contributed by atoms with E-state index in [1.165, 1.54) is 6.92 Å². The van der Waals surface area contributed by atoms with Crippen LogP contribution in [0.4, 0.5) is 0 Å². The molecule has 0 radical (unpaired) electrons. The van der Waals surface area contributed by atoms with E-state index >= 15 is 0 Å². The van der Waals surface area contributed by atoms with Crippen LogP contribution in [0.25, 0.3) is 0 Å². The molecule has 1 saturated heterocycles. The highest BCUT2D eigenvalue weighted by Crippen LogP contribution is 2.34. The lowest BCUT2D eigenvalue weighted by Gasteiger charge is -2.41. The van der Waals surface area contributed by atoms with Crippen molar-refractivity contribution in [3.8, 4) is 11.5 Å². The summed E-state index contributed by atoms with van der Waals surface area (Å²) in [5.74, 6) is 1.01. The third-order valence-electron chi connectivity index (χ3n) is 5.48. The standard InChI is InChI=1S/C23H29ClO8/c1-12(26)22-20(28)19(27)21(29)23(32-22)31-18-11-14(7-8-25)10-17(24)16(18)9-13-3-5-15(30-2)6-4-13/h3-6,10-12,19-23,25-29H,7-9H2,1-2H3/t12-,19+,20+,21-,22-,23-/m1/s1. The largest absolute Gasteiger partial charge is 0.497 e. The Hall–Kier alpha value is -1.91. The van der Waals surface area contributed by atoms with Crippen molar-refractivity contribution in [2.24, 2.45) is 0 Å². The minimum Gasteiger partial charge on any atom is -0.497 e. The fourth-order valence-electron chi connectivity index (χ4n) is 3.66. The summed E-state index contributed by atoms with van der Waals surface area (Å²) in [7, 11) is 1.58. The summed E-state index contributed by atoms with van der Waals surface area (Å²) in [6, 6.07) is 10.8. The summed E-state index contributed by atoms with van der Waals surface area (Å²) in [5.41, 5.74) is 2.25. The van der Waals surface area contributed by atoms with Crippen molar-refractivity contribution in [3.05, 3.63) is 58.1 Å². The number of halogens is 1. The molecule has 0 bridgehead atoms. The molecule has 1 heterocycles. The van der Waals surface area contributed by atoms with E-state index in [1.807, 2.05) is 24.3 Å². The molecule has 32 heavy (non-hydrogen) atoms. The molecule has 2 aromatic carbocycles. The smallest absolute Gasteiger partial charge is 0.229 e. The molecular formula is C23H29ClO8. The van der Waals surface area contributed by atoms with Gasteiger partial charge in [-0.1, -0.05) is 23.7 Å². The molecule has 6 atom stereocenters. The molecule has 0 aliphatic carbocycles. The SMILES string of the molecule is COc1ccc(Cc2c(Cl)cc(CCO)cc2O[C@@H]2O[C@H]([C@@H](C)O)[C@@H](O)[C@H](O)[C@H]2O)cc1. The van der Waals surface area contributed by atoms with Crippen molar-refractivity contribution >= 4 is 11.6 Å². The number of hydrogen-bond acceptors (Lipinski definition) is 8. The maximum absolute atomic E-state index is 10.4. The van der Waals surface area contributed by atoms with Gasteiger partial charge in [-0.2, -0.15) is 0 Å². The lowest BCUT2D eigenvalue weighted by molar-refractivity contribution is -0.286. The maximum atomic E-state index is 10.4. The van der Waals surface area contributed by atoms with Crippen LogP contribution in [-0.4, -0.2) is 76.1 Å². The van der Waals surface area contributed by atoms with Crippen molar-refractivity contribution in [2.75, 3.05) is 13.7 Å². The zero-order valence-electron chi connectivity index (χ0n) is 17.9. The summed E-state index contributed by atoms with van der Waals surface area (Å²) in [6.07, 6.45) is -7.50. The van der Waals surface area contributed by atoms with Crippen LogP contribution < -0.4 is 9.47 Å². The monoisotopic (exact) mass is 468 g/mol. The quantitative estimate of drug-likeness (QED) is 0.389. The Labute approximate surface area is 191 Å². The number of benzene rings is 2. The van der Waals surface area contributed by atoms with E-state index in [-0.39, 0.29) is 6.61 Å². The van der Waals surface area contributed by atoms with Gasteiger partial charge >= 0.3 is 0 Å². The second-order valence-electron chi connectivity index (χ2n) is 7.85. The van der Waals surface area contributed by atoms with E-state index in [9.17, 15) is 25.5 Å². The normalized spacial score (nSPS) is 26.6. The molecule has 0 spiro atoms. The molecule has 0 unspecified atom stereocenters. The Morgan fingerprint density at radius 3 is 2.31 bits per heavy atom. The number of aliphatic hydroxyl groups is 5. The molecule has 1 aliphatic heterocycles. The highest BCUT2D eigenvalue weighted by molar-refractivity contribution is 6.31. The maximum Gasteiger partial charge on any atom is 0.229 e. The molecule has 8 nitrogen and oxygen atoms in total. The predicted molar refractivity (Wildman–Crippen MR) is 117 cm³/mol. The first-order valence-corrected chi connectivity index (χ1v) is 10.7. The van der Waals surface area contributed by atoms with Gasteiger partial charge in [-0.05, 0) is 48.7 Å². The number of ether oxygens (including phenoxy) is 3. The van der Waals surface area contributed by atoms with Gasteiger partial charge in [0.25, 0.3) is 0 Å². The van der Waals surface area contributed by atoms with E-state index in [1.54, 1.807) is 19.2 Å². The summed E-state index contributed by atoms with van der Waals surface area (Å²) >= 11 is 6.54. The highest BCUT2D eigenvalue weighted by atomic mass is 35.5. The van der Waals surface area contributed by atoms with Crippen LogP contribution in [0.3, 0.4) is 0 Å². The van der Waals surface area contributed by atoms with E-state index < -0.39 is 36.8 Å². The van der Waals surface area contributed by atoms with Crippen molar-refractivity contribution in [1.29, 1.82) is 0 Å². The highest BCUT2D eigenvalue weighted by Gasteiger charge is 2.46. The predicted octanol–water partition coefficient (Wildman–Crippen LogP) is 1.04. The van der Waals surface area contributed by atoms with Gasteiger partial charge in [0.15, 0.2) is 0 Å². The Bertz CT molecular complexity index is 888. The summed E-state index contributed by atoms with van der Waals surface area (Å²) in [5, 5.41) is 50.4. The van der Waals surface area contributed by atoms with Crippen LogP contribution in [0.5, 0.6) is 11.5 Å². The van der Waals surface area contributed by atoms with Crippen molar-refractivity contribution < 1.29 is 39.7 Å². The number of rotatable bonds is 8. The molecule has 1 fully saturated rings. The van der Waals surface area contributed by atoms with Gasteiger partial charge < -0.3 is 39.7 Å². The molecule has 0 saturated carbocycles. The van der Waals surface area contributed by atoms with Gasteiger partial charge in [0.1, 0.15) is 35.9 Å². The lowest BCUT2D eigenvalue weighted by atomic mass is 9.96. The fraction of sp³-hybridized carbons (Fsp3) is 0.478. The Morgan fingerprint density at radius 2 is 1.72 bits per heavy atom. The van der Waals surface area contributed by atoms with E-state index in [0.717, 1.165) is 5.56 Å². The van der Waals surface area contributed by atoms with Gasteiger partial charge in [-0.25, -0.2) is 0 Å². The van der Waals surface area contributed by atoms with Crippen LogP contribution in [-0.2, 0) is 17.6 Å². The van der Waals surface area contributed by atoms with E-state index in [4.69, 9.17) is 25.8 Å². The molecule has 1 aliphatic rings. The average molecular weight is 469 g/mol. The Balaban J connectivity index is 1.93. The van der Waals surface area contributed by atoms with Crippen LogP contribution in [0.15, 0.2) is 36.4 Å². The number of hydrogen-bond donors (Lipinski definition) is 5. The number of aliphatic hydroxyl groups excluding tert-OH is 5. The first-order chi connectivity index (χ1) is 15.2. The van der Waals surface area contributed by atoms with Crippen molar-refractivity contribution in [1.82, 2.24) is 0 Å². The average Bonchev–Trinajstić information content (AvgIpc) is 2.76. The molecule has 176 valence electrons. The third kappa shape index (κ3) is 5.52. The summed E-state index contributed by atoms with van der Waals surface area (Å²) < 4.78 is 16.7. The van der Waals surface area contributed by atoms with Gasteiger partial charge in [-0.3, -0.25) is 0 Å². The summed E-state index contributed by atoms with van der Waals surface area (Å²) in [4.78, 5) is 0. The van der Waals surface area contributed by atoms with Crippen LogP contribution in [0, 0.1) is 0 Å². The molecule has 5 N–H and O–H groups in total. The molecular weight excluding hydrogens is 440 g/mol. The van der Waals surface area contributed by atoms with Crippen molar-refractivity contribution in [3.63, 3.8) is 0 Å². The van der Waals surface area contributed by atoms with E-state index in [2.05, 4.69) is 0 Å². The van der Waals surface area contributed by atoms with Crippen LogP contribution >= 0.6 is 11.6 Å². The molecule has 3 rings (SSSR count). The number of methoxy groups -OCH3 is 1. The Morgan fingerprint density at radius 1 is 1.03 bits per heavy atom. The second kappa shape index (κ2) is 10.8. The fourth-order valence-corrected chi connectivity index (χ4v) is 3.96. The molecule has 9 heteroatoms. The summed E-state index contributed by atoms with van der Waals surface area (Å²) in [6.45, 7) is 1.31.